The molecule has 0 radical (unpaired) electrons. The van der Waals surface area contributed by atoms with Gasteiger partial charge in [-0.15, -0.1) is 11.3 Å². The minimum atomic E-state index is 0.881. The smallest absolute Gasteiger partial charge is 0.0451 e. The second kappa shape index (κ2) is 6.15. The van der Waals surface area contributed by atoms with E-state index in [2.05, 4.69) is 78.9 Å². The van der Waals surface area contributed by atoms with Gasteiger partial charge in [-0.05, 0) is 41.7 Å². The number of anilines is 1. The Labute approximate surface area is 157 Å². The van der Waals surface area contributed by atoms with Gasteiger partial charge in [-0.3, -0.25) is 0 Å². The van der Waals surface area contributed by atoms with Gasteiger partial charge in [0.2, 0.25) is 0 Å². The maximum Gasteiger partial charge on any atom is 0.0451 e. The van der Waals surface area contributed by atoms with E-state index in [0.29, 0.717) is 0 Å². The molecular weight excluding hydrogens is 334 g/mol. The van der Waals surface area contributed by atoms with Gasteiger partial charge in [-0.1, -0.05) is 66.7 Å². The standard InChI is InChI=1S/C24H19NS/c25-21-15-14-20-19-8-4-5-9-22(19)26-24(20)23(21)18-12-10-17(11-13-18)16-6-2-1-3-7-16/h1-10,12,14-15H,11,13,25H2. The van der Waals surface area contributed by atoms with Crippen LogP contribution in [0, 0.1) is 0 Å². The summed E-state index contributed by atoms with van der Waals surface area (Å²) >= 11 is 1.85. The van der Waals surface area contributed by atoms with E-state index in [1.807, 2.05) is 11.3 Å². The van der Waals surface area contributed by atoms with Crippen LogP contribution in [0.3, 0.4) is 0 Å². The number of nitrogen functional groups attached to an aromatic ring is 1. The third-order valence-corrected chi connectivity index (χ3v) is 6.40. The molecule has 2 heteroatoms. The van der Waals surface area contributed by atoms with Crippen molar-refractivity contribution in [1.82, 2.24) is 0 Å². The number of thiophene rings is 1. The highest BCUT2D eigenvalue weighted by atomic mass is 32.1. The molecule has 26 heavy (non-hydrogen) atoms. The molecule has 0 bridgehead atoms. The van der Waals surface area contributed by atoms with E-state index >= 15 is 0 Å². The molecule has 5 rings (SSSR count). The Bertz CT molecular complexity index is 1180. The topological polar surface area (TPSA) is 26.0 Å². The zero-order chi connectivity index (χ0) is 17.5. The molecule has 0 spiro atoms. The molecule has 0 atom stereocenters. The van der Waals surface area contributed by atoms with E-state index in [0.717, 1.165) is 18.5 Å². The van der Waals surface area contributed by atoms with Crippen LogP contribution in [-0.4, -0.2) is 0 Å². The molecule has 126 valence electrons. The highest BCUT2D eigenvalue weighted by Crippen LogP contribution is 2.43. The fourth-order valence-corrected chi connectivity index (χ4v) is 5.17. The zero-order valence-electron chi connectivity index (χ0n) is 14.4. The summed E-state index contributed by atoms with van der Waals surface area (Å²) in [6, 6.07) is 23.5. The Kier molecular flexibility index (Phi) is 3.65. The summed E-state index contributed by atoms with van der Waals surface area (Å²) in [5.41, 5.74) is 12.6. The summed E-state index contributed by atoms with van der Waals surface area (Å²) in [7, 11) is 0. The Hall–Kier alpha value is -2.84. The molecule has 1 aromatic heterocycles. The zero-order valence-corrected chi connectivity index (χ0v) is 15.2. The van der Waals surface area contributed by atoms with Crippen LogP contribution >= 0.6 is 11.3 Å². The van der Waals surface area contributed by atoms with Crippen LogP contribution in [0.1, 0.15) is 24.0 Å². The summed E-state index contributed by atoms with van der Waals surface area (Å²) in [6.07, 6.45) is 6.61. The average Bonchev–Trinajstić information content (AvgIpc) is 3.07. The molecule has 1 aliphatic carbocycles. The second-order valence-corrected chi connectivity index (χ2v) is 7.81. The van der Waals surface area contributed by atoms with E-state index in [4.69, 9.17) is 5.73 Å². The van der Waals surface area contributed by atoms with Gasteiger partial charge in [0.05, 0.1) is 0 Å². The summed E-state index contributed by atoms with van der Waals surface area (Å²) in [6.45, 7) is 0. The van der Waals surface area contributed by atoms with E-state index in [9.17, 15) is 0 Å². The highest BCUT2D eigenvalue weighted by molar-refractivity contribution is 7.26. The van der Waals surface area contributed by atoms with Crippen molar-refractivity contribution in [2.24, 2.45) is 0 Å². The second-order valence-electron chi connectivity index (χ2n) is 6.75. The van der Waals surface area contributed by atoms with Gasteiger partial charge in [-0.25, -0.2) is 0 Å². The third kappa shape index (κ3) is 2.46. The van der Waals surface area contributed by atoms with Crippen LogP contribution in [0.15, 0.2) is 78.9 Å². The van der Waals surface area contributed by atoms with E-state index in [1.54, 1.807) is 0 Å². The van der Waals surface area contributed by atoms with Crippen molar-refractivity contribution in [2.75, 3.05) is 5.73 Å². The van der Waals surface area contributed by atoms with Crippen LogP contribution in [-0.2, 0) is 0 Å². The molecule has 0 unspecified atom stereocenters. The molecular formula is C24H19NS. The molecule has 0 saturated heterocycles. The monoisotopic (exact) mass is 353 g/mol. The Balaban J connectivity index is 1.66. The predicted octanol–water partition coefficient (Wildman–Crippen LogP) is 6.90. The third-order valence-electron chi connectivity index (χ3n) is 5.19. The number of benzene rings is 3. The average molecular weight is 353 g/mol. The van der Waals surface area contributed by atoms with E-state index in [1.165, 1.54) is 42.4 Å². The fourth-order valence-electron chi connectivity index (χ4n) is 3.87. The van der Waals surface area contributed by atoms with Crippen molar-refractivity contribution in [3.63, 3.8) is 0 Å². The van der Waals surface area contributed by atoms with Gasteiger partial charge in [0.25, 0.3) is 0 Å². The molecule has 1 heterocycles. The van der Waals surface area contributed by atoms with Gasteiger partial charge in [-0.2, -0.15) is 0 Å². The van der Waals surface area contributed by atoms with Crippen LogP contribution in [0.4, 0.5) is 5.69 Å². The van der Waals surface area contributed by atoms with Crippen LogP contribution < -0.4 is 5.73 Å². The molecule has 0 amide bonds. The maximum atomic E-state index is 6.43. The van der Waals surface area contributed by atoms with Crippen molar-refractivity contribution in [3.05, 3.63) is 90.0 Å². The fraction of sp³-hybridized carbons (Fsp3) is 0.0833. The molecule has 1 nitrogen and oxygen atoms in total. The van der Waals surface area contributed by atoms with Crippen LogP contribution in [0.25, 0.3) is 31.3 Å². The molecule has 2 N–H and O–H groups in total. The number of allylic oxidation sites excluding steroid dienone is 4. The van der Waals surface area contributed by atoms with Crippen LogP contribution in [0.2, 0.25) is 0 Å². The highest BCUT2D eigenvalue weighted by Gasteiger charge is 2.17. The molecule has 0 saturated carbocycles. The van der Waals surface area contributed by atoms with Crippen molar-refractivity contribution < 1.29 is 0 Å². The first-order valence-corrected chi connectivity index (χ1v) is 9.78. The van der Waals surface area contributed by atoms with Gasteiger partial charge in [0.15, 0.2) is 0 Å². The number of hydrogen-bond donors (Lipinski definition) is 1. The molecule has 3 aromatic carbocycles. The van der Waals surface area contributed by atoms with Gasteiger partial charge >= 0.3 is 0 Å². The molecule has 0 aliphatic heterocycles. The summed E-state index contributed by atoms with van der Waals surface area (Å²) in [5.74, 6) is 0. The van der Waals surface area contributed by atoms with Gasteiger partial charge in [0.1, 0.15) is 0 Å². The Morgan fingerprint density at radius 2 is 1.42 bits per heavy atom. The lowest BCUT2D eigenvalue weighted by molar-refractivity contribution is 1.07. The molecule has 1 aliphatic rings. The normalized spacial score (nSPS) is 14.5. The number of nitrogens with two attached hydrogens (primary N) is 1. The Morgan fingerprint density at radius 1 is 0.692 bits per heavy atom. The lowest BCUT2D eigenvalue weighted by atomic mass is 9.89. The first-order valence-electron chi connectivity index (χ1n) is 8.96. The van der Waals surface area contributed by atoms with E-state index in [-0.39, 0.29) is 0 Å². The minimum Gasteiger partial charge on any atom is -0.398 e. The van der Waals surface area contributed by atoms with Crippen LogP contribution in [0.5, 0.6) is 0 Å². The summed E-state index contributed by atoms with van der Waals surface area (Å²) in [4.78, 5) is 0. The quantitative estimate of drug-likeness (QED) is 0.390. The number of hydrogen-bond acceptors (Lipinski definition) is 2. The van der Waals surface area contributed by atoms with Gasteiger partial charge < -0.3 is 5.73 Å². The van der Waals surface area contributed by atoms with Crippen molar-refractivity contribution in [1.29, 1.82) is 0 Å². The summed E-state index contributed by atoms with van der Waals surface area (Å²) < 4.78 is 2.64. The van der Waals surface area contributed by atoms with Crippen molar-refractivity contribution in [3.8, 4) is 0 Å². The number of rotatable bonds is 2. The Morgan fingerprint density at radius 3 is 2.23 bits per heavy atom. The molecule has 4 aromatic rings. The largest absolute Gasteiger partial charge is 0.398 e. The summed E-state index contributed by atoms with van der Waals surface area (Å²) in [5, 5.41) is 2.64. The molecule has 0 fully saturated rings. The lowest BCUT2D eigenvalue weighted by Gasteiger charge is -2.17. The van der Waals surface area contributed by atoms with Crippen molar-refractivity contribution in [2.45, 2.75) is 12.8 Å². The lowest BCUT2D eigenvalue weighted by Crippen LogP contribution is -1.98. The first-order chi connectivity index (χ1) is 12.8. The van der Waals surface area contributed by atoms with Gasteiger partial charge in [0, 0.05) is 31.4 Å². The predicted molar refractivity (Wildman–Crippen MR) is 115 cm³/mol. The maximum absolute atomic E-state index is 6.43. The van der Waals surface area contributed by atoms with E-state index < -0.39 is 0 Å². The first kappa shape index (κ1) is 15.4. The SMILES string of the molecule is Nc1ccc2c(sc3ccccc32)c1C1=CC=C(c2ccccc2)CC1. The minimum absolute atomic E-state index is 0.881. The number of fused-ring (bicyclic) bond motifs is 3. The van der Waals surface area contributed by atoms with Crippen molar-refractivity contribution >= 4 is 48.3 Å².